The Kier molecular flexibility index (Phi) is 9.92. The van der Waals surface area contributed by atoms with Crippen molar-refractivity contribution in [1.82, 2.24) is 5.32 Å². The number of benzene rings is 3. The smallest absolute Gasteiger partial charge is 0.408 e. The van der Waals surface area contributed by atoms with Gasteiger partial charge in [-0.05, 0) is 83.9 Å². The van der Waals surface area contributed by atoms with Crippen molar-refractivity contribution in [3.8, 4) is 16.9 Å². The third-order valence-corrected chi connectivity index (χ3v) is 5.81. The van der Waals surface area contributed by atoms with E-state index in [4.69, 9.17) is 14.2 Å². The van der Waals surface area contributed by atoms with Crippen LogP contribution in [0.4, 0.5) is 9.18 Å². The lowest BCUT2D eigenvalue weighted by molar-refractivity contribution is -0.153. The van der Waals surface area contributed by atoms with Crippen LogP contribution in [0.15, 0.2) is 60.7 Å². The van der Waals surface area contributed by atoms with E-state index in [1.165, 1.54) is 0 Å². The Morgan fingerprint density at radius 1 is 0.927 bits per heavy atom. The van der Waals surface area contributed by atoms with E-state index in [9.17, 15) is 14.4 Å². The Balaban J connectivity index is 1.84. The van der Waals surface area contributed by atoms with Crippen LogP contribution in [0.25, 0.3) is 11.1 Å². The van der Waals surface area contributed by atoms with Crippen LogP contribution in [0.2, 0.25) is 0 Å². The first-order chi connectivity index (χ1) is 19.1. The molecule has 0 fully saturated rings. The van der Waals surface area contributed by atoms with E-state index in [1.807, 2.05) is 26.8 Å². The molecule has 0 saturated heterocycles. The second-order valence-corrected chi connectivity index (χ2v) is 11.8. The number of amides is 1. The van der Waals surface area contributed by atoms with Gasteiger partial charge in [0, 0.05) is 22.3 Å². The highest BCUT2D eigenvalue weighted by atomic mass is 19.1. The summed E-state index contributed by atoms with van der Waals surface area (Å²) in [4.78, 5) is 36.4. The molecule has 0 aliphatic carbocycles. The number of carbonyl (C=O) groups excluding carboxylic acids is 3. The van der Waals surface area contributed by atoms with Crippen LogP contribution in [0.3, 0.4) is 0 Å². The van der Waals surface area contributed by atoms with Gasteiger partial charge in [-0.15, -0.1) is 0 Å². The molecule has 0 aliphatic heterocycles. The van der Waals surface area contributed by atoms with E-state index in [-0.39, 0.29) is 30.1 Å². The fourth-order valence-electron chi connectivity index (χ4n) is 4.18. The molecule has 0 heterocycles. The van der Waals surface area contributed by atoms with Crippen molar-refractivity contribution >= 4 is 18.3 Å². The third kappa shape index (κ3) is 9.45. The molecule has 7 nitrogen and oxygen atoms in total. The van der Waals surface area contributed by atoms with E-state index < -0.39 is 29.2 Å². The summed E-state index contributed by atoms with van der Waals surface area (Å²) in [5.74, 6) is -0.384. The van der Waals surface area contributed by atoms with Gasteiger partial charge in [0.15, 0.2) is 0 Å². The molecule has 0 spiro atoms. The highest BCUT2D eigenvalue weighted by molar-refractivity contribution is 5.80. The largest absolute Gasteiger partial charge is 0.489 e. The molecule has 1 N–H and O–H groups in total. The molecule has 1 amide bonds. The third-order valence-electron chi connectivity index (χ3n) is 5.81. The first-order valence-corrected chi connectivity index (χ1v) is 13.4. The minimum absolute atomic E-state index is 0.0423. The molecular weight excluding hydrogens is 525 g/mol. The van der Waals surface area contributed by atoms with E-state index in [1.54, 1.807) is 82.3 Å². The number of hydrogen-bond donors (Lipinski definition) is 1. The summed E-state index contributed by atoms with van der Waals surface area (Å²) in [6.07, 6.45) is 0.0857. The number of para-hydroxylation sites is 1. The average Bonchev–Trinajstić information content (AvgIpc) is 2.85. The second kappa shape index (κ2) is 13.0. The second-order valence-electron chi connectivity index (χ2n) is 11.8. The summed E-state index contributed by atoms with van der Waals surface area (Å²) < 4.78 is 32.5. The Morgan fingerprint density at radius 3 is 2.27 bits per heavy atom. The van der Waals surface area contributed by atoms with Crippen molar-refractivity contribution in [2.45, 2.75) is 78.7 Å². The Morgan fingerprint density at radius 2 is 1.61 bits per heavy atom. The van der Waals surface area contributed by atoms with E-state index >= 15 is 4.39 Å². The van der Waals surface area contributed by atoms with Gasteiger partial charge in [0.1, 0.15) is 35.7 Å². The molecule has 0 aromatic heterocycles. The normalized spacial score (nSPS) is 12.3. The quantitative estimate of drug-likeness (QED) is 0.216. The summed E-state index contributed by atoms with van der Waals surface area (Å²) >= 11 is 0. The van der Waals surface area contributed by atoms with Crippen LogP contribution < -0.4 is 10.1 Å². The van der Waals surface area contributed by atoms with Crippen molar-refractivity contribution in [2.24, 2.45) is 0 Å². The van der Waals surface area contributed by atoms with Crippen molar-refractivity contribution in [1.29, 1.82) is 0 Å². The number of halogens is 1. The standard InChI is InChI=1S/C33H38FNO6/c1-21(35-31(38)41-33(5,6)7)26-12-10-13-27(30(26)34)25-16-22(19-36)15-23(17-25)20-39-28-14-9-8-11-24(28)18-29(37)40-32(2,3)4/h8-17,19,21H,18,20H2,1-7H3,(H,35,38)/t21-/m1/s1. The summed E-state index contributed by atoms with van der Waals surface area (Å²) in [5, 5.41) is 2.67. The maximum atomic E-state index is 15.8. The highest BCUT2D eigenvalue weighted by Crippen LogP contribution is 2.30. The van der Waals surface area contributed by atoms with E-state index in [2.05, 4.69) is 5.32 Å². The molecule has 0 radical (unpaired) electrons. The van der Waals surface area contributed by atoms with Gasteiger partial charge in [0.25, 0.3) is 0 Å². The Labute approximate surface area is 241 Å². The molecule has 0 bridgehead atoms. The van der Waals surface area contributed by atoms with Gasteiger partial charge in [-0.2, -0.15) is 0 Å². The lowest BCUT2D eigenvalue weighted by atomic mass is 9.96. The zero-order chi connectivity index (χ0) is 30.4. The van der Waals surface area contributed by atoms with Crippen molar-refractivity contribution < 1.29 is 33.0 Å². The summed E-state index contributed by atoms with van der Waals surface area (Å²) in [7, 11) is 0. The van der Waals surface area contributed by atoms with E-state index in [0.717, 1.165) is 0 Å². The van der Waals surface area contributed by atoms with Crippen LogP contribution in [-0.2, 0) is 27.3 Å². The predicted molar refractivity (Wildman–Crippen MR) is 155 cm³/mol. The topological polar surface area (TPSA) is 90.9 Å². The number of hydrogen-bond acceptors (Lipinski definition) is 6. The molecule has 3 rings (SSSR count). The maximum Gasteiger partial charge on any atom is 0.408 e. The zero-order valence-electron chi connectivity index (χ0n) is 24.7. The van der Waals surface area contributed by atoms with Crippen LogP contribution in [0, 0.1) is 5.82 Å². The number of aldehydes is 1. The number of rotatable bonds is 9. The molecule has 8 heteroatoms. The van der Waals surface area contributed by atoms with Crippen LogP contribution in [0.1, 0.15) is 81.6 Å². The van der Waals surface area contributed by atoms with Crippen LogP contribution >= 0.6 is 0 Å². The molecule has 0 saturated carbocycles. The molecule has 218 valence electrons. The van der Waals surface area contributed by atoms with Gasteiger partial charge in [-0.3, -0.25) is 9.59 Å². The summed E-state index contributed by atoms with van der Waals surface area (Å²) in [6, 6.07) is 16.4. The Bertz CT molecular complexity index is 1400. The first kappa shape index (κ1) is 31.3. The molecule has 1 atom stereocenters. The number of alkyl carbamates (subject to hydrolysis) is 1. The van der Waals surface area contributed by atoms with Crippen LogP contribution in [-0.4, -0.2) is 29.6 Å². The van der Waals surface area contributed by atoms with Crippen molar-refractivity contribution in [3.63, 3.8) is 0 Å². The van der Waals surface area contributed by atoms with Gasteiger partial charge in [-0.25, -0.2) is 9.18 Å². The fourth-order valence-corrected chi connectivity index (χ4v) is 4.18. The van der Waals surface area contributed by atoms with Crippen molar-refractivity contribution in [2.75, 3.05) is 0 Å². The summed E-state index contributed by atoms with van der Waals surface area (Å²) in [5.41, 5.74) is 1.41. The monoisotopic (exact) mass is 563 g/mol. The van der Waals surface area contributed by atoms with Gasteiger partial charge in [0.2, 0.25) is 0 Å². The molecule has 3 aromatic rings. The molecule has 0 aliphatic rings. The maximum absolute atomic E-state index is 15.8. The molecular formula is C33H38FNO6. The van der Waals surface area contributed by atoms with Crippen molar-refractivity contribution in [3.05, 3.63) is 88.7 Å². The lowest BCUT2D eigenvalue weighted by Gasteiger charge is -2.22. The first-order valence-electron chi connectivity index (χ1n) is 13.4. The van der Waals surface area contributed by atoms with Gasteiger partial charge in [-0.1, -0.05) is 36.4 Å². The van der Waals surface area contributed by atoms with E-state index in [0.29, 0.717) is 34.3 Å². The molecule has 3 aromatic carbocycles. The fraction of sp³-hybridized carbons (Fsp3) is 0.364. The minimum atomic E-state index is -0.686. The van der Waals surface area contributed by atoms with Gasteiger partial charge in [0.05, 0.1) is 12.5 Å². The number of ether oxygens (including phenoxy) is 3. The number of carbonyl (C=O) groups is 3. The Hall–Kier alpha value is -4.20. The lowest BCUT2D eigenvalue weighted by Crippen LogP contribution is -2.34. The molecule has 0 unspecified atom stereocenters. The predicted octanol–water partition coefficient (Wildman–Crippen LogP) is 7.35. The highest BCUT2D eigenvalue weighted by Gasteiger charge is 2.22. The zero-order valence-corrected chi connectivity index (χ0v) is 24.7. The van der Waals surface area contributed by atoms with Gasteiger partial charge < -0.3 is 19.5 Å². The number of esters is 1. The van der Waals surface area contributed by atoms with Gasteiger partial charge >= 0.3 is 12.1 Å². The van der Waals surface area contributed by atoms with Crippen LogP contribution in [0.5, 0.6) is 5.75 Å². The SMILES string of the molecule is C[C@@H](NC(=O)OC(C)(C)C)c1cccc(-c2cc(C=O)cc(COc3ccccc3CC(=O)OC(C)(C)C)c2)c1F. The molecule has 41 heavy (non-hydrogen) atoms. The average molecular weight is 564 g/mol. The number of nitrogens with one attached hydrogen (secondary N) is 1. The summed E-state index contributed by atoms with van der Waals surface area (Å²) in [6.45, 7) is 12.4. The minimum Gasteiger partial charge on any atom is -0.489 e.